The Kier molecular flexibility index (Phi) is 1.96. The molecule has 0 unspecified atom stereocenters. The Labute approximate surface area is 92.0 Å². The van der Waals surface area contributed by atoms with Crippen molar-refractivity contribution in [1.29, 1.82) is 0 Å². The number of nitrogens with two attached hydrogens (primary N) is 1. The monoisotopic (exact) mass is 218 g/mol. The van der Waals surface area contributed by atoms with Gasteiger partial charge in [-0.15, -0.1) is 0 Å². The number of rotatable bonds is 1. The Balaban J connectivity index is 2.14. The largest absolute Gasteiger partial charge is 0.381 e. The van der Waals surface area contributed by atoms with Crippen LogP contribution in [0.2, 0.25) is 0 Å². The number of hydrogen-bond donors (Lipinski definition) is 1. The molecule has 1 aromatic heterocycles. The van der Waals surface area contributed by atoms with E-state index in [9.17, 15) is 4.39 Å². The summed E-state index contributed by atoms with van der Waals surface area (Å²) in [4.78, 5) is 0. The SMILES string of the molecule is Nc1cc(-c2cc3c(cc2F)CCC3)on1. The smallest absolute Gasteiger partial charge is 0.172 e. The van der Waals surface area contributed by atoms with E-state index in [2.05, 4.69) is 5.16 Å². The van der Waals surface area contributed by atoms with Crippen LogP contribution in [0.3, 0.4) is 0 Å². The minimum Gasteiger partial charge on any atom is -0.381 e. The molecule has 3 rings (SSSR count). The van der Waals surface area contributed by atoms with Crippen LogP contribution in [0.15, 0.2) is 22.7 Å². The lowest BCUT2D eigenvalue weighted by atomic mass is 10.0. The first-order chi connectivity index (χ1) is 7.74. The van der Waals surface area contributed by atoms with Gasteiger partial charge in [0, 0.05) is 6.07 Å². The Morgan fingerprint density at radius 1 is 1.19 bits per heavy atom. The van der Waals surface area contributed by atoms with Crippen molar-refractivity contribution in [2.45, 2.75) is 19.3 Å². The first kappa shape index (κ1) is 9.39. The minimum atomic E-state index is -0.267. The highest BCUT2D eigenvalue weighted by molar-refractivity contribution is 5.63. The molecule has 2 aromatic rings. The summed E-state index contributed by atoms with van der Waals surface area (Å²) in [5.74, 6) is 0.399. The summed E-state index contributed by atoms with van der Waals surface area (Å²) in [6.07, 6.45) is 3.06. The average Bonchev–Trinajstić information content (AvgIpc) is 2.84. The average molecular weight is 218 g/mol. The molecule has 0 aliphatic heterocycles. The van der Waals surface area contributed by atoms with E-state index in [1.165, 1.54) is 5.56 Å². The molecule has 0 atom stereocenters. The van der Waals surface area contributed by atoms with Gasteiger partial charge in [-0.3, -0.25) is 0 Å². The van der Waals surface area contributed by atoms with Crippen molar-refractivity contribution in [3.8, 4) is 11.3 Å². The molecule has 0 saturated heterocycles. The zero-order valence-electron chi connectivity index (χ0n) is 8.66. The van der Waals surface area contributed by atoms with Crippen molar-refractivity contribution < 1.29 is 8.91 Å². The number of benzene rings is 1. The third-order valence-corrected chi connectivity index (χ3v) is 2.98. The quantitative estimate of drug-likeness (QED) is 0.800. The van der Waals surface area contributed by atoms with Gasteiger partial charge in [0.25, 0.3) is 0 Å². The molecule has 4 heteroatoms. The van der Waals surface area contributed by atoms with Crippen molar-refractivity contribution in [3.63, 3.8) is 0 Å². The van der Waals surface area contributed by atoms with Gasteiger partial charge in [-0.2, -0.15) is 0 Å². The fourth-order valence-electron chi connectivity index (χ4n) is 2.20. The van der Waals surface area contributed by atoms with E-state index in [4.69, 9.17) is 10.3 Å². The molecule has 0 spiro atoms. The number of nitrogen functional groups attached to an aromatic ring is 1. The van der Waals surface area contributed by atoms with E-state index in [0.717, 1.165) is 24.8 Å². The minimum absolute atomic E-state index is 0.267. The molecular formula is C12H11FN2O. The topological polar surface area (TPSA) is 52.0 Å². The Bertz CT molecular complexity index is 548. The Morgan fingerprint density at radius 3 is 2.62 bits per heavy atom. The predicted molar refractivity (Wildman–Crippen MR) is 58.3 cm³/mol. The molecule has 82 valence electrons. The van der Waals surface area contributed by atoms with Crippen LogP contribution in [0, 0.1) is 5.82 Å². The molecule has 1 aromatic carbocycles. The maximum atomic E-state index is 13.8. The summed E-state index contributed by atoms with van der Waals surface area (Å²) in [7, 11) is 0. The molecule has 0 amide bonds. The molecule has 0 fully saturated rings. The van der Waals surface area contributed by atoms with Gasteiger partial charge in [0.2, 0.25) is 0 Å². The summed E-state index contributed by atoms with van der Waals surface area (Å²) in [6.45, 7) is 0. The number of fused-ring (bicyclic) bond motifs is 1. The molecule has 1 heterocycles. The number of aryl methyl sites for hydroxylation is 2. The lowest BCUT2D eigenvalue weighted by molar-refractivity contribution is 0.433. The van der Waals surface area contributed by atoms with E-state index < -0.39 is 0 Å². The van der Waals surface area contributed by atoms with E-state index in [-0.39, 0.29) is 11.6 Å². The van der Waals surface area contributed by atoms with Crippen LogP contribution in [0.4, 0.5) is 10.2 Å². The van der Waals surface area contributed by atoms with Crippen LogP contribution in [0.1, 0.15) is 17.5 Å². The highest BCUT2D eigenvalue weighted by Crippen LogP contribution is 2.31. The Hall–Kier alpha value is -1.84. The first-order valence-corrected chi connectivity index (χ1v) is 5.28. The summed E-state index contributed by atoms with van der Waals surface area (Å²) >= 11 is 0. The molecule has 1 aliphatic rings. The van der Waals surface area contributed by atoms with Gasteiger partial charge in [-0.25, -0.2) is 4.39 Å². The van der Waals surface area contributed by atoms with Gasteiger partial charge in [0.1, 0.15) is 5.82 Å². The zero-order valence-corrected chi connectivity index (χ0v) is 8.66. The number of nitrogens with zero attached hydrogens (tertiary/aromatic N) is 1. The molecule has 0 radical (unpaired) electrons. The summed E-state index contributed by atoms with van der Waals surface area (Å²) in [5, 5.41) is 3.56. The normalized spacial score (nSPS) is 14.1. The van der Waals surface area contributed by atoms with E-state index in [0.29, 0.717) is 11.3 Å². The van der Waals surface area contributed by atoms with Crippen molar-refractivity contribution in [1.82, 2.24) is 5.16 Å². The van der Waals surface area contributed by atoms with Crippen molar-refractivity contribution in [2.75, 3.05) is 5.73 Å². The van der Waals surface area contributed by atoms with E-state index in [1.54, 1.807) is 12.1 Å². The lowest BCUT2D eigenvalue weighted by Crippen LogP contribution is -1.89. The highest BCUT2D eigenvalue weighted by Gasteiger charge is 2.17. The standard InChI is InChI=1S/C12H11FN2O/c13-10-5-8-3-1-2-7(8)4-9(10)11-6-12(14)15-16-11/h4-6H,1-3H2,(H2,14,15). The van der Waals surface area contributed by atoms with Crippen molar-refractivity contribution in [2.24, 2.45) is 0 Å². The second kappa shape index (κ2) is 3.33. The van der Waals surface area contributed by atoms with Gasteiger partial charge >= 0.3 is 0 Å². The van der Waals surface area contributed by atoms with Crippen molar-refractivity contribution in [3.05, 3.63) is 35.1 Å². The lowest BCUT2D eigenvalue weighted by Gasteiger charge is -2.03. The van der Waals surface area contributed by atoms with Gasteiger partial charge < -0.3 is 10.3 Å². The maximum absolute atomic E-state index is 13.8. The van der Waals surface area contributed by atoms with Crippen LogP contribution in [-0.2, 0) is 12.8 Å². The Morgan fingerprint density at radius 2 is 1.94 bits per heavy atom. The molecule has 2 N–H and O–H groups in total. The van der Waals surface area contributed by atoms with Crippen LogP contribution in [0.25, 0.3) is 11.3 Å². The van der Waals surface area contributed by atoms with Gasteiger partial charge in [0.15, 0.2) is 11.6 Å². The molecule has 0 saturated carbocycles. The van der Waals surface area contributed by atoms with Crippen LogP contribution in [0.5, 0.6) is 0 Å². The number of hydrogen-bond acceptors (Lipinski definition) is 3. The van der Waals surface area contributed by atoms with Crippen LogP contribution >= 0.6 is 0 Å². The second-order valence-electron chi connectivity index (χ2n) is 4.07. The van der Waals surface area contributed by atoms with E-state index >= 15 is 0 Å². The molecule has 1 aliphatic carbocycles. The summed E-state index contributed by atoms with van der Waals surface area (Å²) < 4.78 is 18.8. The van der Waals surface area contributed by atoms with Gasteiger partial charge in [-0.1, -0.05) is 5.16 Å². The third kappa shape index (κ3) is 1.38. The fraction of sp³-hybridized carbons (Fsp3) is 0.250. The number of anilines is 1. The van der Waals surface area contributed by atoms with Crippen LogP contribution in [-0.4, -0.2) is 5.16 Å². The maximum Gasteiger partial charge on any atom is 0.172 e. The zero-order chi connectivity index (χ0) is 11.1. The summed E-state index contributed by atoms with van der Waals surface area (Å²) in [6, 6.07) is 4.98. The van der Waals surface area contributed by atoms with E-state index in [1.807, 2.05) is 6.07 Å². The predicted octanol–water partition coefficient (Wildman–Crippen LogP) is 2.55. The van der Waals surface area contributed by atoms with Gasteiger partial charge in [-0.05, 0) is 42.5 Å². The highest BCUT2D eigenvalue weighted by atomic mass is 19.1. The summed E-state index contributed by atoms with van der Waals surface area (Å²) in [5.41, 5.74) is 8.21. The van der Waals surface area contributed by atoms with Gasteiger partial charge in [0.05, 0.1) is 5.56 Å². The molecule has 16 heavy (non-hydrogen) atoms. The van der Waals surface area contributed by atoms with Crippen molar-refractivity contribution >= 4 is 5.82 Å². The third-order valence-electron chi connectivity index (χ3n) is 2.98. The van der Waals surface area contributed by atoms with Crippen LogP contribution < -0.4 is 5.73 Å². The number of aromatic nitrogens is 1. The number of halogens is 1. The molecule has 0 bridgehead atoms. The first-order valence-electron chi connectivity index (χ1n) is 5.28. The second-order valence-corrected chi connectivity index (χ2v) is 4.07. The molecular weight excluding hydrogens is 207 g/mol. The molecule has 3 nitrogen and oxygen atoms in total. The fourth-order valence-corrected chi connectivity index (χ4v) is 2.20.